The van der Waals surface area contributed by atoms with Gasteiger partial charge < -0.3 is 28.7 Å². The zero-order valence-electron chi connectivity index (χ0n) is 34.8. The Balaban J connectivity index is 0.000000167. The molecule has 0 atom stereocenters. The van der Waals surface area contributed by atoms with Gasteiger partial charge in [0, 0.05) is 41.8 Å². The highest BCUT2D eigenvalue weighted by atomic mass is 79.9. The molecule has 2 saturated heterocycles. The minimum absolute atomic E-state index is 0. The van der Waals surface area contributed by atoms with Crippen molar-refractivity contribution in [2.45, 2.75) is 111 Å². The fourth-order valence-electron chi connectivity index (χ4n) is 7.10. The van der Waals surface area contributed by atoms with Crippen LogP contribution in [0.4, 0.5) is 0 Å². The molecule has 0 aromatic heterocycles. The lowest BCUT2D eigenvalue weighted by Gasteiger charge is -2.32. The van der Waals surface area contributed by atoms with Gasteiger partial charge in [-0.1, -0.05) is 108 Å². The lowest BCUT2D eigenvalue weighted by Crippen LogP contribution is -2.41. The molecule has 0 amide bonds. The summed E-state index contributed by atoms with van der Waals surface area (Å²) >= 11 is 3.38. The van der Waals surface area contributed by atoms with Crippen molar-refractivity contribution in [3.63, 3.8) is 0 Å². The third-order valence-corrected chi connectivity index (χ3v) is 12.5. The number of hydrogen-bond donors (Lipinski definition) is 2. The Morgan fingerprint density at radius 2 is 0.847 bits per heavy atom. The SMILES string of the molecule is C.CC1(C)OB(B2OC(C)(C)C(C)(C)O2)OC1(C)C.O=C(CN1Cc2ccccc2C1)c1ccc(B(O)O)cc1.O=C(CN1Cc2ccccc2C1)c1ccc(Br)cc1. The number of carbonyl (C=O) groups is 2. The van der Waals surface area contributed by atoms with Crippen molar-refractivity contribution in [1.29, 1.82) is 0 Å². The molecule has 0 radical (unpaired) electrons. The van der Waals surface area contributed by atoms with Crippen molar-refractivity contribution in [2.24, 2.45) is 0 Å². The van der Waals surface area contributed by atoms with Crippen molar-refractivity contribution in [3.05, 3.63) is 135 Å². The summed E-state index contributed by atoms with van der Waals surface area (Å²) in [7, 11) is -2.45. The number of carbonyl (C=O) groups excluding carboxylic acids is 2. The summed E-state index contributed by atoms with van der Waals surface area (Å²) in [6.07, 6.45) is 0. The van der Waals surface area contributed by atoms with Crippen LogP contribution < -0.4 is 5.46 Å². The summed E-state index contributed by atoms with van der Waals surface area (Å²) in [6, 6.07) is 30.6. The van der Waals surface area contributed by atoms with E-state index in [9.17, 15) is 9.59 Å². The number of hydrogen-bond acceptors (Lipinski definition) is 10. The van der Waals surface area contributed by atoms with E-state index in [0.29, 0.717) is 24.1 Å². The Kier molecular flexibility index (Phi) is 14.8. The maximum absolute atomic E-state index is 12.3. The lowest BCUT2D eigenvalue weighted by atomic mass is 9.49. The minimum atomic E-state index is -1.50. The fourth-order valence-corrected chi connectivity index (χ4v) is 7.36. The summed E-state index contributed by atoms with van der Waals surface area (Å²) in [5.41, 5.74) is 5.56. The number of halogens is 1. The highest BCUT2D eigenvalue weighted by Gasteiger charge is 2.63. The maximum Gasteiger partial charge on any atom is 0.488 e. The second-order valence-corrected chi connectivity index (χ2v) is 18.3. The van der Waals surface area contributed by atoms with Gasteiger partial charge in [0.2, 0.25) is 0 Å². The van der Waals surface area contributed by atoms with Gasteiger partial charge in [-0.3, -0.25) is 19.4 Å². The maximum atomic E-state index is 12.3. The van der Waals surface area contributed by atoms with Crippen molar-refractivity contribution >= 4 is 54.1 Å². The van der Waals surface area contributed by atoms with Crippen molar-refractivity contribution in [2.75, 3.05) is 13.1 Å². The molecular weight excluding hydrogens is 809 g/mol. The van der Waals surface area contributed by atoms with E-state index in [4.69, 9.17) is 28.7 Å². The summed E-state index contributed by atoms with van der Waals surface area (Å²) < 4.78 is 24.8. The topological polar surface area (TPSA) is 118 Å². The van der Waals surface area contributed by atoms with Crippen LogP contribution in [0.1, 0.15) is 106 Å². The largest absolute Gasteiger partial charge is 0.488 e. The predicted molar refractivity (Wildman–Crippen MR) is 239 cm³/mol. The van der Waals surface area contributed by atoms with E-state index in [1.165, 1.54) is 22.3 Å². The summed E-state index contributed by atoms with van der Waals surface area (Å²) in [4.78, 5) is 28.8. The number of rotatable bonds is 8. The van der Waals surface area contributed by atoms with E-state index in [-0.39, 0.29) is 41.4 Å². The van der Waals surface area contributed by atoms with Gasteiger partial charge in [-0.2, -0.15) is 0 Å². The van der Waals surface area contributed by atoms with Crippen molar-refractivity contribution in [1.82, 2.24) is 9.80 Å². The summed E-state index contributed by atoms with van der Waals surface area (Å²) in [5.74, 6) is 0.224. The Labute approximate surface area is 360 Å². The second kappa shape index (κ2) is 18.7. The van der Waals surface area contributed by atoms with Gasteiger partial charge in [-0.05, 0) is 95.2 Å². The van der Waals surface area contributed by atoms with Gasteiger partial charge in [-0.25, -0.2) is 0 Å². The molecule has 10 nitrogen and oxygen atoms in total. The Bertz CT molecular complexity index is 1960. The summed E-state index contributed by atoms with van der Waals surface area (Å²) in [5, 5.41) is 18.1. The standard InChI is InChI=1S/C16H16BNO3.C16H14BrNO.C12H24B2O4.CH4/c19-16(12-5-7-15(8-6-12)17(20)21)11-18-9-13-3-1-2-4-14(13)10-18;17-15-7-5-12(6-8-15)16(19)11-18-9-13-3-1-2-4-14(13)10-18;1-9(2)10(3,4)16-13(15-9)14-17-11(5,6)12(7,8)18-14;/h1-8,20-21H,9-11H2;1-8H,9-11H2;1-8H3;1H4. The van der Waals surface area contributed by atoms with Gasteiger partial charge in [0.25, 0.3) is 0 Å². The molecule has 0 spiro atoms. The monoisotopic (exact) mass is 866 g/mol. The van der Waals surface area contributed by atoms with Gasteiger partial charge >= 0.3 is 21.1 Å². The van der Waals surface area contributed by atoms with Crippen molar-refractivity contribution < 1.29 is 38.3 Å². The van der Waals surface area contributed by atoms with Gasteiger partial charge in [0.05, 0.1) is 35.5 Å². The average Bonchev–Trinajstić information content (AvgIpc) is 3.88. The normalized spacial score (nSPS) is 19.4. The van der Waals surface area contributed by atoms with E-state index in [0.717, 1.165) is 36.2 Å². The first kappa shape index (κ1) is 46.6. The molecular formula is C45H58B3BrN2O8. The molecule has 4 aromatic rings. The first-order valence-corrected chi connectivity index (χ1v) is 20.6. The summed E-state index contributed by atoms with van der Waals surface area (Å²) in [6.45, 7) is 20.4. The van der Waals surface area contributed by atoms with Crippen LogP contribution in [0.5, 0.6) is 0 Å². The highest BCUT2D eigenvalue weighted by molar-refractivity contribution is 9.10. The van der Waals surface area contributed by atoms with E-state index in [1.807, 2.05) is 91.8 Å². The molecule has 4 aromatic carbocycles. The lowest BCUT2D eigenvalue weighted by molar-refractivity contribution is 0.00578. The molecule has 4 aliphatic rings. The zero-order valence-corrected chi connectivity index (χ0v) is 36.4. The van der Waals surface area contributed by atoms with E-state index in [2.05, 4.69) is 62.1 Å². The molecule has 4 heterocycles. The Morgan fingerprint density at radius 3 is 1.14 bits per heavy atom. The van der Waals surface area contributed by atoms with Gasteiger partial charge in [0.15, 0.2) is 11.6 Å². The van der Waals surface area contributed by atoms with Gasteiger partial charge in [-0.15, -0.1) is 0 Å². The molecule has 0 bridgehead atoms. The van der Waals surface area contributed by atoms with Crippen LogP contribution in [0.3, 0.4) is 0 Å². The van der Waals surface area contributed by atoms with Crippen LogP contribution in [0.15, 0.2) is 102 Å². The van der Waals surface area contributed by atoms with E-state index >= 15 is 0 Å². The highest BCUT2D eigenvalue weighted by Crippen LogP contribution is 2.43. The molecule has 0 unspecified atom stereocenters. The van der Waals surface area contributed by atoms with Crippen LogP contribution in [-0.4, -0.2) is 88.0 Å². The first-order chi connectivity index (χ1) is 27.2. The minimum Gasteiger partial charge on any atom is -0.423 e. The number of Topliss-reactive ketones (excluding diaryl/α,β-unsaturated/α-hetero) is 2. The molecule has 0 saturated carbocycles. The number of fused-ring (bicyclic) bond motifs is 2. The van der Waals surface area contributed by atoms with Crippen LogP contribution in [0.25, 0.3) is 0 Å². The fraction of sp³-hybridized carbons (Fsp3) is 0.422. The van der Waals surface area contributed by atoms with E-state index < -0.39 is 21.1 Å². The third-order valence-electron chi connectivity index (χ3n) is 12.0. The molecule has 2 N–H and O–H groups in total. The van der Waals surface area contributed by atoms with Crippen molar-refractivity contribution in [3.8, 4) is 0 Å². The molecule has 4 aliphatic heterocycles. The average molecular weight is 867 g/mol. The molecule has 59 heavy (non-hydrogen) atoms. The smallest absolute Gasteiger partial charge is 0.423 e. The number of ketones is 2. The Hall–Kier alpha value is -3.43. The van der Waals surface area contributed by atoms with Crippen LogP contribution in [-0.2, 0) is 44.8 Å². The molecule has 8 rings (SSSR count). The molecule has 312 valence electrons. The van der Waals surface area contributed by atoms with Crippen LogP contribution >= 0.6 is 15.9 Å². The van der Waals surface area contributed by atoms with Crippen LogP contribution in [0.2, 0.25) is 0 Å². The molecule has 14 heteroatoms. The molecule has 2 fully saturated rings. The quantitative estimate of drug-likeness (QED) is 0.140. The van der Waals surface area contributed by atoms with Gasteiger partial charge in [0.1, 0.15) is 0 Å². The number of nitrogens with zero attached hydrogens (tertiary/aromatic N) is 2. The number of benzene rings is 4. The second-order valence-electron chi connectivity index (χ2n) is 17.4. The first-order valence-electron chi connectivity index (χ1n) is 19.8. The third kappa shape index (κ3) is 11.1. The predicted octanol–water partition coefficient (Wildman–Crippen LogP) is 7.10. The Morgan fingerprint density at radius 1 is 0.559 bits per heavy atom. The molecule has 0 aliphatic carbocycles. The zero-order chi connectivity index (χ0) is 42.0. The van der Waals surface area contributed by atoms with E-state index in [1.54, 1.807) is 24.3 Å². The van der Waals surface area contributed by atoms with Crippen LogP contribution in [0, 0.1) is 0 Å².